The minimum atomic E-state index is -0.391. The number of hydrogen-bond donors (Lipinski definition) is 0. The van der Waals surface area contributed by atoms with E-state index in [1.807, 2.05) is 41.5 Å². The first-order valence-corrected chi connectivity index (χ1v) is 5.26. The van der Waals surface area contributed by atoms with Gasteiger partial charge in [0.1, 0.15) is 0 Å². The highest BCUT2D eigenvalue weighted by Crippen LogP contribution is 2.20. The monoisotopic (exact) mass is 213 g/mol. The van der Waals surface area contributed by atoms with Crippen LogP contribution in [0.2, 0.25) is 0 Å². The minimum Gasteiger partial charge on any atom is -0.334 e. The van der Waals surface area contributed by atoms with E-state index in [9.17, 15) is 9.59 Å². The third kappa shape index (κ3) is 4.96. The normalized spacial score (nSPS) is 12.5. The molecule has 0 aromatic rings. The molecule has 3 heteroatoms. The third-order valence-electron chi connectivity index (χ3n) is 2.24. The molecule has 0 spiro atoms. The van der Waals surface area contributed by atoms with Crippen LogP contribution in [0.5, 0.6) is 0 Å². The zero-order valence-electron chi connectivity index (χ0n) is 11.0. The van der Waals surface area contributed by atoms with Gasteiger partial charge in [-0.1, -0.05) is 20.8 Å². The molecule has 0 aromatic carbocycles. The molecule has 0 heterocycles. The molecule has 15 heavy (non-hydrogen) atoms. The van der Waals surface area contributed by atoms with Crippen LogP contribution in [-0.4, -0.2) is 29.2 Å². The number of hydrogen-bond acceptors (Lipinski definition) is 2. The van der Waals surface area contributed by atoms with E-state index in [0.29, 0.717) is 6.42 Å². The number of Topliss-reactive ketones (excluding diaryl/α,β-unsaturated/α-hetero) is 1. The van der Waals surface area contributed by atoms with Crippen molar-refractivity contribution in [3.8, 4) is 0 Å². The first kappa shape index (κ1) is 14.1. The molecule has 0 aliphatic heterocycles. The van der Waals surface area contributed by atoms with Crippen LogP contribution >= 0.6 is 0 Å². The molecule has 0 aromatic heterocycles. The molecular weight excluding hydrogens is 190 g/mol. The predicted molar refractivity (Wildman–Crippen MR) is 61.6 cm³/mol. The fraction of sp³-hybridized carbons (Fsp3) is 0.833. The van der Waals surface area contributed by atoms with E-state index in [4.69, 9.17) is 0 Å². The molecule has 1 amide bonds. The highest BCUT2D eigenvalue weighted by molar-refractivity contribution is 6.36. The van der Waals surface area contributed by atoms with Gasteiger partial charge in [0.25, 0.3) is 5.91 Å². The van der Waals surface area contributed by atoms with E-state index in [0.717, 1.165) is 0 Å². The topological polar surface area (TPSA) is 37.4 Å². The Hall–Kier alpha value is -0.860. The van der Waals surface area contributed by atoms with Crippen molar-refractivity contribution < 1.29 is 9.59 Å². The average Bonchev–Trinajstić information content (AvgIpc) is 1.96. The molecule has 3 nitrogen and oxygen atoms in total. The molecule has 0 rings (SSSR count). The van der Waals surface area contributed by atoms with E-state index in [1.54, 1.807) is 7.05 Å². The summed E-state index contributed by atoms with van der Waals surface area (Å²) in [4.78, 5) is 24.9. The summed E-state index contributed by atoms with van der Waals surface area (Å²) in [6.07, 6.45) is 0.298. The van der Waals surface area contributed by atoms with Gasteiger partial charge in [-0.15, -0.1) is 0 Å². The van der Waals surface area contributed by atoms with Crippen LogP contribution in [0.1, 0.15) is 48.0 Å². The maximum Gasteiger partial charge on any atom is 0.290 e. The van der Waals surface area contributed by atoms with E-state index in [-0.39, 0.29) is 16.7 Å². The van der Waals surface area contributed by atoms with Gasteiger partial charge < -0.3 is 4.90 Å². The van der Waals surface area contributed by atoms with Crippen LogP contribution in [0.25, 0.3) is 0 Å². The zero-order chi connectivity index (χ0) is 12.4. The summed E-state index contributed by atoms with van der Waals surface area (Å²) in [5.74, 6) is -0.697. The fourth-order valence-electron chi connectivity index (χ4n) is 1.05. The van der Waals surface area contributed by atoms with Crippen LogP contribution in [0.3, 0.4) is 0 Å². The highest BCUT2D eigenvalue weighted by atomic mass is 16.2. The standard InChI is InChI=1S/C12H23NO2/c1-11(2,3)8-9(14)10(15)13(7)12(4,5)6/h8H2,1-7H3. The molecule has 0 aliphatic rings. The van der Waals surface area contributed by atoms with Crippen molar-refractivity contribution in [2.45, 2.75) is 53.5 Å². The predicted octanol–water partition coefficient (Wildman–Crippen LogP) is 2.25. The SMILES string of the molecule is CN(C(=O)C(=O)CC(C)(C)C)C(C)(C)C. The number of ketones is 1. The number of carbonyl (C=O) groups excluding carboxylic acids is 2. The smallest absolute Gasteiger partial charge is 0.290 e. The van der Waals surface area contributed by atoms with Crippen molar-refractivity contribution in [3.05, 3.63) is 0 Å². The van der Waals surface area contributed by atoms with Crippen molar-refractivity contribution >= 4 is 11.7 Å². The Balaban J connectivity index is 4.54. The first-order valence-electron chi connectivity index (χ1n) is 5.26. The number of nitrogens with zero attached hydrogens (tertiary/aromatic N) is 1. The van der Waals surface area contributed by atoms with Gasteiger partial charge >= 0.3 is 0 Å². The second-order valence-corrected chi connectivity index (χ2v) is 6.20. The summed E-state index contributed by atoms with van der Waals surface area (Å²) in [6, 6.07) is 0. The zero-order valence-corrected chi connectivity index (χ0v) is 11.0. The summed E-state index contributed by atoms with van der Waals surface area (Å²) >= 11 is 0. The Morgan fingerprint density at radius 1 is 1.00 bits per heavy atom. The maximum absolute atomic E-state index is 11.7. The van der Waals surface area contributed by atoms with Crippen molar-refractivity contribution in [1.82, 2.24) is 4.90 Å². The van der Waals surface area contributed by atoms with Crippen LogP contribution in [0.15, 0.2) is 0 Å². The van der Waals surface area contributed by atoms with Gasteiger partial charge in [0.15, 0.2) is 0 Å². The first-order chi connectivity index (χ1) is 6.45. The molecule has 88 valence electrons. The van der Waals surface area contributed by atoms with Crippen LogP contribution in [-0.2, 0) is 9.59 Å². The lowest BCUT2D eigenvalue weighted by Gasteiger charge is -2.32. The van der Waals surface area contributed by atoms with Gasteiger partial charge in [-0.3, -0.25) is 9.59 Å². The molecule has 0 aliphatic carbocycles. The maximum atomic E-state index is 11.7. The molecule has 0 radical (unpaired) electrons. The van der Waals surface area contributed by atoms with Crippen molar-refractivity contribution in [2.75, 3.05) is 7.05 Å². The summed E-state index contributed by atoms with van der Waals surface area (Å²) in [6.45, 7) is 11.6. The second-order valence-electron chi connectivity index (χ2n) is 6.20. The van der Waals surface area contributed by atoms with Gasteiger partial charge in [-0.25, -0.2) is 0 Å². The van der Waals surface area contributed by atoms with E-state index in [1.165, 1.54) is 4.90 Å². The Morgan fingerprint density at radius 2 is 1.40 bits per heavy atom. The Morgan fingerprint density at radius 3 is 1.67 bits per heavy atom. The quantitative estimate of drug-likeness (QED) is 0.660. The summed E-state index contributed by atoms with van der Waals surface area (Å²) in [5.41, 5.74) is -0.434. The van der Waals surface area contributed by atoms with E-state index < -0.39 is 5.91 Å². The van der Waals surface area contributed by atoms with Crippen molar-refractivity contribution in [1.29, 1.82) is 0 Å². The molecule has 0 fully saturated rings. The Bertz CT molecular complexity index is 256. The van der Waals surface area contributed by atoms with Gasteiger partial charge in [0, 0.05) is 19.0 Å². The summed E-state index contributed by atoms with van der Waals surface area (Å²) in [7, 11) is 1.67. The number of likely N-dealkylation sites (N-methyl/N-ethyl adjacent to an activating group) is 1. The largest absolute Gasteiger partial charge is 0.334 e. The molecule has 0 saturated heterocycles. The highest BCUT2D eigenvalue weighted by Gasteiger charge is 2.29. The van der Waals surface area contributed by atoms with Crippen LogP contribution < -0.4 is 0 Å². The lowest BCUT2D eigenvalue weighted by atomic mass is 9.89. The van der Waals surface area contributed by atoms with Crippen LogP contribution in [0.4, 0.5) is 0 Å². The average molecular weight is 213 g/mol. The molecule has 0 N–H and O–H groups in total. The Labute approximate surface area is 92.8 Å². The number of rotatable bonds is 2. The minimum absolute atomic E-state index is 0.133. The Kier molecular flexibility index (Phi) is 4.08. The fourth-order valence-corrected chi connectivity index (χ4v) is 1.05. The van der Waals surface area contributed by atoms with E-state index >= 15 is 0 Å². The van der Waals surface area contributed by atoms with Gasteiger partial charge in [0.05, 0.1) is 0 Å². The second kappa shape index (κ2) is 4.33. The van der Waals surface area contributed by atoms with Crippen molar-refractivity contribution in [3.63, 3.8) is 0 Å². The van der Waals surface area contributed by atoms with E-state index in [2.05, 4.69) is 0 Å². The molecule has 0 atom stereocenters. The summed E-state index contributed by atoms with van der Waals surface area (Å²) < 4.78 is 0. The van der Waals surface area contributed by atoms with Crippen LogP contribution in [0, 0.1) is 5.41 Å². The van der Waals surface area contributed by atoms with Gasteiger partial charge in [0.2, 0.25) is 5.78 Å². The third-order valence-corrected chi connectivity index (χ3v) is 2.24. The van der Waals surface area contributed by atoms with Gasteiger partial charge in [-0.05, 0) is 26.2 Å². The lowest BCUT2D eigenvalue weighted by molar-refractivity contribution is -0.147. The molecule has 0 unspecified atom stereocenters. The molecule has 0 bridgehead atoms. The molecular formula is C12H23NO2. The summed E-state index contributed by atoms with van der Waals surface area (Å²) in [5, 5.41) is 0. The lowest BCUT2D eigenvalue weighted by Crippen LogP contribution is -2.46. The van der Waals surface area contributed by atoms with Crippen molar-refractivity contribution in [2.24, 2.45) is 5.41 Å². The number of carbonyl (C=O) groups is 2. The molecule has 0 saturated carbocycles. The van der Waals surface area contributed by atoms with Gasteiger partial charge in [-0.2, -0.15) is 0 Å². The number of amides is 1.